The Morgan fingerprint density at radius 3 is 2.67 bits per heavy atom. The SMILES string of the molecule is CS(=O)(=O)N(CCC1=CCCCC1)CC(=O)Nc1ccccc1F. The molecule has 7 heteroatoms. The number of nitrogens with zero attached hydrogens (tertiary/aromatic N) is 1. The highest BCUT2D eigenvalue weighted by atomic mass is 32.2. The molecule has 0 atom stereocenters. The van der Waals surface area contributed by atoms with Crippen LogP contribution in [0.4, 0.5) is 10.1 Å². The van der Waals surface area contributed by atoms with Gasteiger partial charge in [-0.25, -0.2) is 12.8 Å². The molecule has 0 fully saturated rings. The smallest absolute Gasteiger partial charge is 0.239 e. The second-order valence-electron chi connectivity index (χ2n) is 5.98. The van der Waals surface area contributed by atoms with E-state index >= 15 is 0 Å². The zero-order valence-corrected chi connectivity index (χ0v) is 14.6. The molecule has 0 aromatic heterocycles. The average Bonchev–Trinajstić information content (AvgIpc) is 2.53. The van der Waals surface area contributed by atoms with Gasteiger partial charge in [0.15, 0.2) is 0 Å². The molecule has 1 aromatic carbocycles. The summed E-state index contributed by atoms with van der Waals surface area (Å²) in [6.45, 7) is -0.0597. The molecule has 1 N–H and O–H groups in total. The molecule has 24 heavy (non-hydrogen) atoms. The Labute approximate surface area is 142 Å². The van der Waals surface area contributed by atoms with E-state index in [4.69, 9.17) is 0 Å². The van der Waals surface area contributed by atoms with E-state index in [1.807, 2.05) is 0 Å². The minimum Gasteiger partial charge on any atom is -0.322 e. The summed E-state index contributed by atoms with van der Waals surface area (Å²) in [6.07, 6.45) is 8.17. The van der Waals surface area contributed by atoms with E-state index in [1.165, 1.54) is 30.2 Å². The number of allylic oxidation sites excluding steroid dienone is 1. The van der Waals surface area contributed by atoms with Crippen LogP contribution in [-0.4, -0.2) is 38.0 Å². The largest absolute Gasteiger partial charge is 0.322 e. The maximum atomic E-state index is 13.6. The fourth-order valence-corrected chi connectivity index (χ4v) is 3.45. The number of rotatable bonds is 7. The topological polar surface area (TPSA) is 66.5 Å². The summed E-state index contributed by atoms with van der Waals surface area (Å²) in [6, 6.07) is 5.79. The lowest BCUT2D eigenvalue weighted by atomic mass is 9.97. The molecule has 0 saturated heterocycles. The van der Waals surface area contributed by atoms with Crippen molar-refractivity contribution in [3.8, 4) is 0 Å². The van der Waals surface area contributed by atoms with Crippen LogP contribution in [0.5, 0.6) is 0 Å². The summed E-state index contributed by atoms with van der Waals surface area (Å²) in [5.74, 6) is -1.10. The van der Waals surface area contributed by atoms with Crippen LogP contribution in [0, 0.1) is 5.82 Å². The fourth-order valence-electron chi connectivity index (χ4n) is 2.67. The number of sulfonamides is 1. The van der Waals surface area contributed by atoms with Crippen LogP contribution in [0.1, 0.15) is 32.1 Å². The monoisotopic (exact) mass is 354 g/mol. The van der Waals surface area contributed by atoms with Gasteiger partial charge in [0.1, 0.15) is 5.82 Å². The summed E-state index contributed by atoms with van der Waals surface area (Å²) in [4.78, 5) is 12.1. The zero-order chi connectivity index (χ0) is 17.6. The summed E-state index contributed by atoms with van der Waals surface area (Å²) in [5.41, 5.74) is 1.29. The first-order valence-electron chi connectivity index (χ1n) is 8.03. The number of hydrogen-bond donors (Lipinski definition) is 1. The Balaban J connectivity index is 1.97. The highest BCUT2D eigenvalue weighted by molar-refractivity contribution is 7.88. The van der Waals surface area contributed by atoms with Crippen molar-refractivity contribution in [1.29, 1.82) is 0 Å². The van der Waals surface area contributed by atoms with E-state index < -0.39 is 21.7 Å². The van der Waals surface area contributed by atoms with Crippen LogP contribution >= 0.6 is 0 Å². The first kappa shape index (κ1) is 18.6. The van der Waals surface area contributed by atoms with E-state index in [-0.39, 0.29) is 18.8 Å². The molecule has 0 unspecified atom stereocenters. The summed E-state index contributed by atoms with van der Waals surface area (Å²) < 4.78 is 38.5. The molecule has 1 aromatic rings. The minimum atomic E-state index is -3.51. The van der Waals surface area contributed by atoms with Gasteiger partial charge in [-0.05, 0) is 44.2 Å². The van der Waals surface area contributed by atoms with Gasteiger partial charge in [0.05, 0.1) is 18.5 Å². The van der Waals surface area contributed by atoms with Crippen molar-refractivity contribution in [1.82, 2.24) is 4.31 Å². The summed E-state index contributed by atoms with van der Waals surface area (Å²) in [5, 5.41) is 2.42. The molecule has 1 aliphatic carbocycles. The Bertz CT molecular complexity index is 716. The van der Waals surface area contributed by atoms with Crippen LogP contribution < -0.4 is 5.32 Å². The maximum absolute atomic E-state index is 13.6. The van der Waals surface area contributed by atoms with Gasteiger partial charge in [0.25, 0.3) is 0 Å². The van der Waals surface area contributed by atoms with E-state index in [1.54, 1.807) is 6.07 Å². The van der Waals surface area contributed by atoms with E-state index in [9.17, 15) is 17.6 Å². The average molecular weight is 354 g/mol. The number of hydrogen-bond acceptors (Lipinski definition) is 3. The lowest BCUT2D eigenvalue weighted by Gasteiger charge is -2.21. The molecule has 2 rings (SSSR count). The lowest BCUT2D eigenvalue weighted by molar-refractivity contribution is -0.116. The Morgan fingerprint density at radius 2 is 2.04 bits per heavy atom. The molecule has 0 aliphatic heterocycles. The second-order valence-corrected chi connectivity index (χ2v) is 7.97. The Morgan fingerprint density at radius 1 is 1.29 bits per heavy atom. The number of para-hydroxylation sites is 1. The molecule has 132 valence electrons. The molecule has 5 nitrogen and oxygen atoms in total. The van der Waals surface area contributed by atoms with Crippen molar-refractivity contribution in [3.05, 3.63) is 41.7 Å². The molecule has 0 heterocycles. The van der Waals surface area contributed by atoms with Gasteiger partial charge >= 0.3 is 0 Å². The highest BCUT2D eigenvalue weighted by Gasteiger charge is 2.21. The maximum Gasteiger partial charge on any atom is 0.239 e. The lowest BCUT2D eigenvalue weighted by Crippen LogP contribution is -2.38. The molecule has 0 bridgehead atoms. The quantitative estimate of drug-likeness (QED) is 0.766. The number of nitrogens with one attached hydrogen (secondary N) is 1. The van der Waals surface area contributed by atoms with Crippen LogP contribution in [-0.2, 0) is 14.8 Å². The normalized spacial score (nSPS) is 15.2. The van der Waals surface area contributed by atoms with Crippen molar-refractivity contribution in [2.24, 2.45) is 0 Å². The van der Waals surface area contributed by atoms with Gasteiger partial charge in [0.2, 0.25) is 15.9 Å². The van der Waals surface area contributed by atoms with E-state index in [0.29, 0.717) is 6.42 Å². The molecular formula is C17H23FN2O3S. The third-order valence-corrected chi connectivity index (χ3v) is 5.25. The zero-order valence-electron chi connectivity index (χ0n) is 13.8. The number of halogens is 1. The number of amides is 1. The molecule has 0 radical (unpaired) electrons. The third kappa shape index (κ3) is 5.72. The summed E-state index contributed by atoms with van der Waals surface area (Å²) in [7, 11) is -3.51. The minimum absolute atomic E-state index is 0.0472. The van der Waals surface area contributed by atoms with Gasteiger partial charge in [-0.1, -0.05) is 23.8 Å². The Kier molecular flexibility index (Phi) is 6.51. The molecule has 1 amide bonds. The third-order valence-electron chi connectivity index (χ3n) is 4.00. The Hall–Kier alpha value is -1.73. The van der Waals surface area contributed by atoms with Crippen LogP contribution in [0.15, 0.2) is 35.9 Å². The molecule has 1 aliphatic rings. The first-order valence-corrected chi connectivity index (χ1v) is 9.88. The van der Waals surface area contributed by atoms with Crippen molar-refractivity contribution in [2.45, 2.75) is 32.1 Å². The molecule has 0 saturated carbocycles. The standard InChI is InChI=1S/C17H23FN2O3S/c1-24(22,23)20(12-11-14-7-3-2-4-8-14)13-17(21)19-16-10-6-5-9-15(16)18/h5-7,9-10H,2-4,8,11-13H2,1H3,(H,19,21). The van der Waals surface area contributed by atoms with E-state index in [2.05, 4.69) is 11.4 Å². The van der Waals surface area contributed by atoms with E-state index in [0.717, 1.165) is 29.8 Å². The number of carbonyl (C=O) groups is 1. The van der Waals surface area contributed by atoms with Gasteiger partial charge in [-0.3, -0.25) is 4.79 Å². The van der Waals surface area contributed by atoms with Gasteiger partial charge < -0.3 is 5.32 Å². The first-order chi connectivity index (χ1) is 11.4. The predicted octanol–water partition coefficient (Wildman–Crippen LogP) is 2.92. The predicted molar refractivity (Wildman–Crippen MR) is 92.6 cm³/mol. The fraction of sp³-hybridized carbons (Fsp3) is 0.471. The number of carbonyl (C=O) groups excluding carboxylic acids is 1. The van der Waals surface area contributed by atoms with Crippen LogP contribution in [0.2, 0.25) is 0 Å². The highest BCUT2D eigenvalue weighted by Crippen LogP contribution is 2.21. The van der Waals surface area contributed by atoms with Crippen LogP contribution in [0.3, 0.4) is 0 Å². The second kappa shape index (κ2) is 8.39. The molecular weight excluding hydrogens is 331 g/mol. The number of benzene rings is 1. The van der Waals surface area contributed by atoms with Crippen molar-refractivity contribution >= 4 is 21.6 Å². The van der Waals surface area contributed by atoms with Gasteiger partial charge in [-0.15, -0.1) is 0 Å². The van der Waals surface area contributed by atoms with Crippen molar-refractivity contribution in [2.75, 3.05) is 24.7 Å². The van der Waals surface area contributed by atoms with Crippen molar-refractivity contribution < 1.29 is 17.6 Å². The van der Waals surface area contributed by atoms with Crippen LogP contribution in [0.25, 0.3) is 0 Å². The molecule has 0 spiro atoms. The number of anilines is 1. The van der Waals surface area contributed by atoms with Crippen molar-refractivity contribution in [3.63, 3.8) is 0 Å². The van der Waals surface area contributed by atoms with Gasteiger partial charge in [0, 0.05) is 6.54 Å². The summed E-state index contributed by atoms with van der Waals surface area (Å²) >= 11 is 0. The van der Waals surface area contributed by atoms with Gasteiger partial charge in [-0.2, -0.15) is 4.31 Å².